The maximum atomic E-state index is 12.9. The number of nitrogens with two attached hydrogens (primary N) is 1. The van der Waals surface area contributed by atoms with Crippen LogP contribution in [0.3, 0.4) is 0 Å². The van der Waals surface area contributed by atoms with Crippen molar-refractivity contribution in [2.45, 2.75) is 276 Å². The van der Waals surface area contributed by atoms with Gasteiger partial charge in [-0.05, 0) is 12.8 Å². The highest BCUT2D eigenvalue weighted by Gasteiger charge is 2.28. The maximum absolute atomic E-state index is 12.9. The summed E-state index contributed by atoms with van der Waals surface area (Å²) in [6, 6.07) is -0.891. The summed E-state index contributed by atoms with van der Waals surface area (Å²) >= 11 is 0. The van der Waals surface area contributed by atoms with Crippen LogP contribution in [0.15, 0.2) is 0 Å². The van der Waals surface area contributed by atoms with E-state index in [9.17, 15) is 24.5 Å². The molecule has 0 aliphatic heterocycles. The summed E-state index contributed by atoms with van der Waals surface area (Å²) in [5.41, 5.74) is 5.38. The van der Waals surface area contributed by atoms with E-state index in [1.807, 2.05) is 0 Å². The number of unbranched alkanes of at least 4 members (excludes halogenated alkanes) is 33. The SMILES string of the molecule is CCCCCCCCCCCCCCCCCCCCCC(O)CC(=O)NC(COP(=O)(O)OCCN)C(O)CCCCCCCCCCCCCCCCCC. The molecule has 4 unspecified atom stereocenters. The number of carbonyl (C=O) groups excluding carboxylic acids is 1. The second kappa shape index (κ2) is 43.5. The first-order valence-corrected chi connectivity index (χ1v) is 26.2. The molecular weight excluding hydrogens is 735 g/mol. The number of carbonyl (C=O) groups is 1. The van der Waals surface area contributed by atoms with Crippen molar-refractivity contribution in [3.05, 3.63) is 0 Å². The molecule has 0 aromatic carbocycles. The lowest BCUT2D eigenvalue weighted by Gasteiger charge is -2.25. The smallest absolute Gasteiger partial charge is 0.393 e. The van der Waals surface area contributed by atoms with Crippen molar-refractivity contribution >= 4 is 13.7 Å². The van der Waals surface area contributed by atoms with Crippen molar-refractivity contribution in [3.63, 3.8) is 0 Å². The molecule has 0 fully saturated rings. The first-order valence-electron chi connectivity index (χ1n) is 24.7. The number of aliphatic hydroxyl groups excluding tert-OH is 2. The Labute approximate surface area is 353 Å². The lowest BCUT2D eigenvalue weighted by Crippen LogP contribution is -2.47. The molecule has 0 aliphatic carbocycles. The number of hydrogen-bond donors (Lipinski definition) is 5. The summed E-state index contributed by atoms with van der Waals surface area (Å²) in [6.07, 6.45) is 44.3. The number of phosphoric ester groups is 1. The molecule has 0 aliphatic rings. The van der Waals surface area contributed by atoms with Crippen LogP contribution in [0.5, 0.6) is 0 Å². The Bertz CT molecular complexity index is 883. The van der Waals surface area contributed by atoms with E-state index in [2.05, 4.69) is 19.2 Å². The van der Waals surface area contributed by atoms with Crippen LogP contribution in [0.25, 0.3) is 0 Å². The lowest BCUT2D eigenvalue weighted by molar-refractivity contribution is -0.125. The van der Waals surface area contributed by atoms with Crippen LogP contribution in [0.2, 0.25) is 0 Å². The predicted octanol–water partition coefficient (Wildman–Crippen LogP) is 13.1. The van der Waals surface area contributed by atoms with Crippen LogP contribution < -0.4 is 11.1 Å². The third kappa shape index (κ3) is 42.0. The minimum Gasteiger partial charge on any atom is -0.393 e. The summed E-state index contributed by atoms with van der Waals surface area (Å²) in [5, 5.41) is 24.3. The molecule has 1 amide bonds. The summed E-state index contributed by atoms with van der Waals surface area (Å²) in [5.74, 6) is -0.407. The molecule has 0 heterocycles. The molecule has 0 bridgehead atoms. The average molecular weight is 833 g/mol. The molecule has 0 saturated heterocycles. The average Bonchev–Trinajstić information content (AvgIpc) is 3.19. The van der Waals surface area contributed by atoms with E-state index >= 15 is 0 Å². The lowest BCUT2D eigenvalue weighted by atomic mass is 10.0. The number of amides is 1. The Morgan fingerprint density at radius 2 is 0.842 bits per heavy atom. The van der Waals surface area contributed by atoms with Gasteiger partial charge in [0.1, 0.15) is 0 Å². The topological polar surface area (TPSA) is 151 Å². The standard InChI is InChI=1S/C47H97N2O7P/c1-3-5-7-9-11-13-15-17-19-21-22-23-24-26-28-30-32-34-36-38-44(50)42-47(52)49-45(43-56-57(53,54)55-41-40-48)46(51)39-37-35-33-31-29-27-25-20-18-16-14-12-10-8-6-4-2/h44-46,50-51H,3-43,48H2,1-2H3,(H,49,52)(H,53,54). The van der Waals surface area contributed by atoms with Gasteiger partial charge in [-0.15, -0.1) is 0 Å². The van der Waals surface area contributed by atoms with Crippen molar-refractivity contribution in [1.82, 2.24) is 5.32 Å². The quantitative estimate of drug-likeness (QED) is 0.0300. The zero-order valence-corrected chi connectivity index (χ0v) is 38.6. The number of rotatable bonds is 47. The van der Waals surface area contributed by atoms with Gasteiger partial charge < -0.3 is 26.2 Å². The normalized spacial score (nSPS) is 14.4. The Morgan fingerprint density at radius 1 is 0.526 bits per heavy atom. The fraction of sp³-hybridized carbons (Fsp3) is 0.979. The molecule has 0 aromatic heterocycles. The van der Waals surface area contributed by atoms with Crippen molar-refractivity contribution in [1.29, 1.82) is 0 Å². The summed E-state index contributed by atoms with van der Waals surface area (Å²) < 4.78 is 22.2. The third-order valence-electron chi connectivity index (χ3n) is 11.5. The first-order chi connectivity index (χ1) is 27.8. The van der Waals surface area contributed by atoms with Crippen molar-refractivity contribution in [2.75, 3.05) is 19.8 Å². The number of hydrogen-bond acceptors (Lipinski definition) is 7. The first kappa shape index (κ1) is 56.5. The maximum Gasteiger partial charge on any atom is 0.472 e. The Hall–Kier alpha value is -0.540. The molecule has 0 rings (SSSR count). The van der Waals surface area contributed by atoms with Gasteiger partial charge in [-0.3, -0.25) is 13.8 Å². The fourth-order valence-electron chi connectivity index (χ4n) is 7.77. The summed E-state index contributed by atoms with van der Waals surface area (Å²) in [7, 11) is -4.37. The van der Waals surface area contributed by atoms with E-state index in [0.29, 0.717) is 12.8 Å². The van der Waals surface area contributed by atoms with Gasteiger partial charge in [-0.25, -0.2) is 4.57 Å². The Balaban J connectivity index is 4.13. The van der Waals surface area contributed by atoms with E-state index in [1.165, 1.54) is 186 Å². The van der Waals surface area contributed by atoms with Gasteiger partial charge in [0, 0.05) is 6.54 Å². The molecule has 0 aromatic rings. The van der Waals surface area contributed by atoms with E-state index in [1.54, 1.807) is 0 Å². The molecule has 0 saturated carbocycles. The fourth-order valence-corrected chi connectivity index (χ4v) is 8.53. The Morgan fingerprint density at radius 3 is 1.18 bits per heavy atom. The number of aliphatic hydroxyl groups is 2. The van der Waals surface area contributed by atoms with Gasteiger partial charge in [0.25, 0.3) is 0 Å². The van der Waals surface area contributed by atoms with Crippen LogP contribution in [0.4, 0.5) is 0 Å². The van der Waals surface area contributed by atoms with Crippen LogP contribution in [-0.4, -0.2) is 59.0 Å². The summed E-state index contributed by atoms with van der Waals surface area (Å²) in [6.45, 7) is 4.09. The summed E-state index contributed by atoms with van der Waals surface area (Å²) in [4.78, 5) is 22.9. The molecule has 342 valence electrons. The van der Waals surface area contributed by atoms with Gasteiger partial charge in [-0.2, -0.15) is 0 Å². The Kier molecular flexibility index (Phi) is 43.1. The highest BCUT2D eigenvalue weighted by Crippen LogP contribution is 2.43. The molecule has 6 N–H and O–H groups in total. The number of phosphoric acid groups is 1. The molecule has 0 radical (unpaired) electrons. The van der Waals surface area contributed by atoms with Crippen LogP contribution in [-0.2, 0) is 18.4 Å². The molecule has 10 heteroatoms. The predicted molar refractivity (Wildman–Crippen MR) is 242 cm³/mol. The van der Waals surface area contributed by atoms with Crippen LogP contribution in [0, 0.1) is 0 Å². The molecular formula is C47H97N2O7P. The van der Waals surface area contributed by atoms with Crippen molar-refractivity contribution in [2.24, 2.45) is 5.73 Å². The van der Waals surface area contributed by atoms with Gasteiger partial charge in [-0.1, -0.05) is 239 Å². The monoisotopic (exact) mass is 833 g/mol. The second-order valence-electron chi connectivity index (χ2n) is 17.2. The molecule has 9 nitrogen and oxygen atoms in total. The third-order valence-corrected chi connectivity index (χ3v) is 12.5. The molecule has 4 atom stereocenters. The van der Waals surface area contributed by atoms with Gasteiger partial charge in [0.15, 0.2) is 0 Å². The van der Waals surface area contributed by atoms with Gasteiger partial charge in [0.2, 0.25) is 5.91 Å². The minimum atomic E-state index is -4.37. The van der Waals surface area contributed by atoms with Crippen LogP contribution in [0.1, 0.15) is 258 Å². The van der Waals surface area contributed by atoms with Gasteiger partial charge >= 0.3 is 7.82 Å². The van der Waals surface area contributed by atoms with E-state index in [-0.39, 0.29) is 26.2 Å². The zero-order valence-electron chi connectivity index (χ0n) is 37.7. The van der Waals surface area contributed by atoms with Crippen molar-refractivity contribution < 1.29 is 33.5 Å². The number of nitrogens with one attached hydrogen (secondary N) is 1. The van der Waals surface area contributed by atoms with Crippen molar-refractivity contribution in [3.8, 4) is 0 Å². The van der Waals surface area contributed by atoms with E-state index < -0.39 is 32.0 Å². The van der Waals surface area contributed by atoms with E-state index in [0.717, 1.165) is 38.5 Å². The van der Waals surface area contributed by atoms with E-state index in [4.69, 9.17) is 14.8 Å². The molecule has 57 heavy (non-hydrogen) atoms. The second-order valence-corrected chi connectivity index (χ2v) is 18.7. The molecule has 0 spiro atoms. The van der Waals surface area contributed by atoms with Crippen LogP contribution >= 0.6 is 7.82 Å². The largest absolute Gasteiger partial charge is 0.472 e. The highest BCUT2D eigenvalue weighted by atomic mass is 31.2. The highest BCUT2D eigenvalue weighted by molar-refractivity contribution is 7.47. The minimum absolute atomic E-state index is 0.0628. The zero-order chi connectivity index (χ0) is 41.9. The van der Waals surface area contributed by atoms with Gasteiger partial charge in [0.05, 0.1) is 37.9 Å².